The molecule has 2 aromatic carbocycles. The Balaban J connectivity index is 2.38. The summed E-state index contributed by atoms with van der Waals surface area (Å²) in [5.41, 5.74) is 1.40. The maximum absolute atomic E-state index is 13.6. The molecule has 0 fully saturated rings. The van der Waals surface area contributed by atoms with Crippen LogP contribution in [0.1, 0.15) is 18.5 Å². The van der Waals surface area contributed by atoms with Crippen molar-refractivity contribution in [2.45, 2.75) is 13.0 Å². The molecule has 6 heteroatoms. The van der Waals surface area contributed by atoms with Gasteiger partial charge in [-0.2, -0.15) is 0 Å². The Morgan fingerprint density at radius 1 is 1.10 bits per heavy atom. The van der Waals surface area contributed by atoms with Gasteiger partial charge in [0.05, 0.1) is 16.8 Å². The van der Waals surface area contributed by atoms with E-state index in [9.17, 15) is 4.39 Å². The minimum absolute atomic E-state index is 0.0423. The van der Waals surface area contributed by atoms with Crippen LogP contribution in [0.4, 0.5) is 10.1 Å². The van der Waals surface area contributed by atoms with Crippen molar-refractivity contribution >= 4 is 60.7 Å². The Morgan fingerprint density at radius 2 is 1.70 bits per heavy atom. The third-order valence-electron chi connectivity index (χ3n) is 2.84. The van der Waals surface area contributed by atoms with Crippen molar-refractivity contribution in [1.82, 2.24) is 0 Å². The predicted molar refractivity (Wildman–Crippen MR) is 90.3 cm³/mol. The topological polar surface area (TPSA) is 12.0 Å². The first kappa shape index (κ1) is 16.1. The number of nitrogens with one attached hydrogen (secondary N) is 1. The monoisotopic (exact) mass is 439 g/mol. The van der Waals surface area contributed by atoms with E-state index >= 15 is 0 Å². The number of halogens is 5. The van der Waals surface area contributed by atoms with Gasteiger partial charge < -0.3 is 5.32 Å². The van der Waals surface area contributed by atoms with Crippen LogP contribution in [0.15, 0.2) is 39.3 Å². The molecule has 0 saturated carbocycles. The van der Waals surface area contributed by atoms with Crippen molar-refractivity contribution in [2.75, 3.05) is 5.32 Å². The molecule has 0 aliphatic heterocycles. The summed E-state index contributed by atoms with van der Waals surface area (Å²) in [7, 11) is 0. The van der Waals surface area contributed by atoms with Gasteiger partial charge in [-0.05, 0) is 63.0 Å². The van der Waals surface area contributed by atoms with Gasteiger partial charge in [0.25, 0.3) is 0 Å². The number of benzene rings is 2. The van der Waals surface area contributed by atoms with E-state index < -0.39 is 5.82 Å². The van der Waals surface area contributed by atoms with Crippen LogP contribution >= 0.6 is 55.1 Å². The molecule has 1 atom stereocenters. The van der Waals surface area contributed by atoms with Crippen molar-refractivity contribution in [1.29, 1.82) is 0 Å². The highest BCUT2D eigenvalue weighted by molar-refractivity contribution is 9.11. The Hall–Kier alpha value is -0.290. The third-order valence-corrected chi connectivity index (χ3v) is 4.87. The van der Waals surface area contributed by atoms with E-state index in [4.69, 9.17) is 23.2 Å². The van der Waals surface area contributed by atoms with E-state index in [0.717, 1.165) is 14.6 Å². The Kier molecular flexibility index (Phi) is 5.35. The zero-order chi connectivity index (χ0) is 14.9. The van der Waals surface area contributed by atoms with Crippen LogP contribution in [0, 0.1) is 5.82 Å². The van der Waals surface area contributed by atoms with Crippen LogP contribution in [0.2, 0.25) is 10.0 Å². The van der Waals surface area contributed by atoms with Gasteiger partial charge in [0.15, 0.2) is 0 Å². The van der Waals surface area contributed by atoms with Crippen molar-refractivity contribution in [3.8, 4) is 0 Å². The molecule has 1 unspecified atom stereocenters. The first-order valence-electron chi connectivity index (χ1n) is 5.75. The standard InChI is InChI=1S/C14H10Br2Cl2FN/c1-7(12-10(17)5-6-11(19)13(12)18)20-14-8(15)3-2-4-9(14)16/h2-7,20H,1H3. The summed E-state index contributed by atoms with van der Waals surface area (Å²) < 4.78 is 15.4. The van der Waals surface area contributed by atoms with Gasteiger partial charge in [-0.15, -0.1) is 0 Å². The Labute approximate surface area is 143 Å². The highest BCUT2D eigenvalue weighted by atomic mass is 79.9. The van der Waals surface area contributed by atoms with E-state index in [2.05, 4.69) is 37.2 Å². The fourth-order valence-corrected chi connectivity index (χ4v) is 3.79. The summed E-state index contributed by atoms with van der Waals surface area (Å²) in [4.78, 5) is 0. The minimum atomic E-state index is -0.481. The first-order chi connectivity index (χ1) is 9.41. The van der Waals surface area contributed by atoms with E-state index in [1.807, 2.05) is 25.1 Å². The molecular formula is C14H10Br2Cl2FN. The molecule has 0 radical (unpaired) electrons. The third kappa shape index (κ3) is 3.30. The summed E-state index contributed by atoms with van der Waals surface area (Å²) in [5.74, 6) is -0.481. The van der Waals surface area contributed by atoms with Crippen molar-refractivity contribution in [3.05, 3.63) is 60.7 Å². The smallest absolute Gasteiger partial charge is 0.142 e. The van der Waals surface area contributed by atoms with Gasteiger partial charge in [-0.1, -0.05) is 29.3 Å². The van der Waals surface area contributed by atoms with E-state index in [1.54, 1.807) is 0 Å². The summed E-state index contributed by atoms with van der Waals surface area (Å²) in [6.45, 7) is 1.87. The lowest BCUT2D eigenvalue weighted by molar-refractivity contribution is 0.624. The van der Waals surface area contributed by atoms with Gasteiger partial charge in [-0.3, -0.25) is 0 Å². The van der Waals surface area contributed by atoms with Crippen LogP contribution in [-0.4, -0.2) is 0 Å². The largest absolute Gasteiger partial charge is 0.377 e. The quantitative estimate of drug-likeness (QED) is 0.514. The summed E-state index contributed by atoms with van der Waals surface area (Å²) in [6.07, 6.45) is 0. The zero-order valence-corrected chi connectivity index (χ0v) is 15.0. The number of hydrogen-bond acceptors (Lipinski definition) is 1. The molecule has 0 amide bonds. The molecule has 0 aromatic heterocycles. The second kappa shape index (κ2) is 6.65. The lowest BCUT2D eigenvalue weighted by atomic mass is 10.1. The maximum Gasteiger partial charge on any atom is 0.142 e. The average molecular weight is 442 g/mol. The molecule has 1 N–H and O–H groups in total. The Bertz CT molecular complexity index is 629. The molecule has 106 valence electrons. The second-order valence-corrected chi connectivity index (χ2v) is 6.71. The van der Waals surface area contributed by atoms with Gasteiger partial charge in [0.2, 0.25) is 0 Å². The molecule has 0 aliphatic carbocycles. The molecule has 0 bridgehead atoms. The number of rotatable bonds is 3. The lowest BCUT2D eigenvalue weighted by Crippen LogP contribution is -2.09. The highest BCUT2D eigenvalue weighted by Gasteiger charge is 2.18. The maximum atomic E-state index is 13.6. The fourth-order valence-electron chi connectivity index (χ4n) is 1.86. The molecule has 20 heavy (non-hydrogen) atoms. The molecule has 0 spiro atoms. The van der Waals surface area contributed by atoms with Crippen LogP contribution in [0.25, 0.3) is 0 Å². The Morgan fingerprint density at radius 3 is 2.30 bits per heavy atom. The summed E-state index contributed by atoms with van der Waals surface area (Å²) in [6, 6.07) is 8.25. The van der Waals surface area contributed by atoms with E-state index in [0.29, 0.717) is 10.6 Å². The number of para-hydroxylation sites is 1. The minimum Gasteiger partial charge on any atom is -0.377 e. The van der Waals surface area contributed by atoms with Gasteiger partial charge in [0, 0.05) is 19.5 Å². The van der Waals surface area contributed by atoms with E-state index in [1.165, 1.54) is 12.1 Å². The molecule has 0 heterocycles. The van der Waals surface area contributed by atoms with E-state index in [-0.39, 0.29) is 11.1 Å². The summed E-state index contributed by atoms with van der Waals surface area (Å²) in [5, 5.41) is 3.75. The molecule has 2 rings (SSSR count). The van der Waals surface area contributed by atoms with Crippen LogP contribution in [0.3, 0.4) is 0 Å². The lowest BCUT2D eigenvalue weighted by Gasteiger charge is -2.20. The predicted octanol–water partition coefficient (Wildman–Crippen LogP) is 6.83. The molecule has 2 aromatic rings. The number of hydrogen-bond donors (Lipinski definition) is 1. The fraction of sp³-hybridized carbons (Fsp3) is 0.143. The van der Waals surface area contributed by atoms with Crippen molar-refractivity contribution in [2.24, 2.45) is 0 Å². The molecule has 1 nitrogen and oxygen atoms in total. The molecule has 0 aliphatic rings. The average Bonchev–Trinajstić information content (AvgIpc) is 2.39. The van der Waals surface area contributed by atoms with Gasteiger partial charge in [0.1, 0.15) is 5.82 Å². The molecular weight excluding hydrogens is 432 g/mol. The van der Waals surface area contributed by atoms with Gasteiger partial charge in [-0.25, -0.2) is 4.39 Å². The number of anilines is 1. The highest BCUT2D eigenvalue weighted by Crippen LogP contribution is 2.37. The van der Waals surface area contributed by atoms with Crippen LogP contribution < -0.4 is 5.32 Å². The van der Waals surface area contributed by atoms with Crippen LogP contribution in [0.5, 0.6) is 0 Å². The zero-order valence-electron chi connectivity index (χ0n) is 10.4. The van der Waals surface area contributed by atoms with Crippen molar-refractivity contribution in [3.63, 3.8) is 0 Å². The second-order valence-electron chi connectivity index (χ2n) is 4.22. The van der Waals surface area contributed by atoms with Crippen molar-refractivity contribution < 1.29 is 4.39 Å². The molecule has 0 saturated heterocycles. The van der Waals surface area contributed by atoms with Gasteiger partial charge >= 0.3 is 0 Å². The summed E-state index contributed by atoms with van der Waals surface area (Å²) >= 11 is 19.1. The van der Waals surface area contributed by atoms with Crippen LogP contribution in [-0.2, 0) is 0 Å². The SMILES string of the molecule is CC(Nc1c(Br)cccc1Br)c1c(Cl)ccc(F)c1Cl. The normalized spacial score (nSPS) is 12.3. The first-order valence-corrected chi connectivity index (χ1v) is 8.10.